The van der Waals surface area contributed by atoms with Crippen LogP contribution in [0.4, 0.5) is 10.7 Å². The second-order valence-corrected chi connectivity index (χ2v) is 6.22. The van der Waals surface area contributed by atoms with Crippen LogP contribution in [0, 0.1) is 0 Å². The summed E-state index contributed by atoms with van der Waals surface area (Å²) in [5.74, 6) is 1.59. The van der Waals surface area contributed by atoms with Gasteiger partial charge >= 0.3 is 0 Å². The Morgan fingerprint density at radius 1 is 1.04 bits per heavy atom. The largest absolute Gasteiger partial charge is 0.497 e. The van der Waals surface area contributed by atoms with E-state index in [1.54, 1.807) is 18.4 Å². The van der Waals surface area contributed by atoms with Crippen molar-refractivity contribution < 1.29 is 4.74 Å². The third kappa shape index (κ3) is 2.94. The number of fused-ring (bicyclic) bond motifs is 1. The molecule has 2 aromatic heterocycles. The van der Waals surface area contributed by atoms with Gasteiger partial charge in [-0.2, -0.15) is 0 Å². The maximum atomic E-state index is 5.17. The molecule has 0 aliphatic carbocycles. The Balaban J connectivity index is 1.58. The summed E-state index contributed by atoms with van der Waals surface area (Å²) in [6, 6.07) is 17.9. The fourth-order valence-corrected chi connectivity index (χ4v) is 3.25. The van der Waals surface area contributed by atoms with E-state index in [4.69, 9.17) is 4.74 Å². The van der Waals surface area contributed by atoms with Gasteiger partial charge in [-0.25, -0.2) is 9.97 Å². The zero-order valence-electron chi connectivity index (χ0n) is 13.1. The van der Waals surface area contributed by atoms with E-state index in [9.17, 15) is 0 Å². The predicted octanol–water partition coefficient (Wildman–Crippen LogP) is 5.11. The third-order valence-corrected chi connectivity index (χ3v) is 4.55. The van der Waals surface area contributed by atoms with Crippen LogP contribution in [0.1, 0.15) is 0 Å². The van der Waals surface area contributed by atoms with Crippen molar-refractivity contribution in [1.29, 1.82) is 0 Å². The number of benzene rings is 2. The van der Waals surface area contributed by atoms with E-state index >= 15 is 0 Å². The van der Waals surface area contributed by atoms with Gasteiger partial charge in [0.05, 0.1) is 17.6 Å². The lowest BCUT2D eigenvalue weighted by Crippen LogP contribution is -1.89. The quantitative estimate of drug-likeness (QED) is 0.564. The van der Waals surface area contributed by atoms with Crippen LogP contribution >= 0.6 is 11.3 Å². The first-order valence-electron chi connectivity index (χ1n) is 7.53. The van der Waals surface area contributed by atoms with Gasteiger partial charge in [-0.3, -0.25) is 0 Å². The molecule has 24 heavy (non-hydrogen) atoms. The van der Waals surface area contributed by atoms with Gasteiger partial charge in [0, 0.05) is 28.2 Å². The number of rotatable bonds is 4. The van der Waals surface area contributed by atoms with Gasteiger partial charge in [0.25, 0.3) is 0 Å². The van der Waals surface area contributed by atoms with Crippen LogP contribution in [-0.2, 0) is 0 Å². The minimum absolute atomic E-state index is 0.743. The molecular formula is C19H15N3OS. The zero-order chi connectivity index (χ0) is 16.4. The first kappa shape index (κ1) is 14.7. The molecule has 0 bridgehead atoms. The molecule has 0 amide bonds. The number of aromatic nitrogens is 2. The SMILES string of the molecule is COc1ccc(Nc2cc(-c3ncc4ccccc4n3)cs2)cc1. The number of nitrogens with zero attached hydrogens (tertiary/aromatic N) is 2. The molecule has 118 valence electrons. The summed E-state index contributed by atoms with van der Waals surface area (Å²) in [7, 11) is 1.66. The molecule has 5 heteroatoms. The summed E-state index contributed by atoms with van der Waals surface area (Å²) < 4.78 is 5.17. The van der Waals surface area contributed by atoms with Crippen LogP contribution in [0.5, 0.6) is 5.75 Å². The molecule has 4 aromatic rings. The van der Waals surface area contributed by atoms with Crippen molar-refractivity contribution in [3.05, 3.63) is 66.2 Å². The Hall–Kier alpha value is -2.92. The molecule has 2 aromatic carbocycles. The molecule has 0 aliphatic heterocycles. The lowest BCUT2D eigenvalue weighted by Gasteiger charge is -2.04. The van der Waals surface area contributed by atoms with Gasteiger partial charge in [0.15, 0.2) is 5.82 Å². The average molecular weight is 333 g/mol. The Bertz CT molecular complexity index is 979. The van der Waals surface area contributed by atoms with Crippen LogP contribution in [0.3, 0.4) is 0 Å². The Labute approximate surface area is 143 Å². The van der Waals surface area contributed by atoms with E-state index in [2.05, 4.69) is 26.7 Å². The van der Waals surface area contributed by atoms with Crippen molar-refractivity contribution >= 4 is 32.9 Å². The van der Waals surface area contributed by atoms with E-state index < -0.39 is 0 Å². The number of hydrogen-bond donors (Lipinski definition) is 1. The van der Waals surface area contributed by atoms with Gasteiger partial charge in [-0.05, 0) is 36.4 Å². The molecule has 0 aliphatic rings. The van der Waals surface area contributed by atoms with Crippen molar-refractivity contribution in [2.24, 2.45) is 0 Å². The molecule has 0 unspecified atom stereocenters. The highest BCUT2D eigenvalue weighted by Gasteiger charge is 2.07. The van der Waals surface area contributed by atoms with Gasteiger partial charge in [-0.15, -0.1) is 11.3 Å². The molecular weight excluding hydrogens is 318 g/mol. The molecule has 0 atom stereocenters. The predicted molar refractivity (Wildman–Crippen MR) is 99.1 cm³/mol. The minimum Gasteiger partial charge on any atom is -0.497 e. The highest BCUT2D eigenvalue weighted by atomic mass is 32.1. The number of thiophene rings is 1. The number of anilines is 2. The molecule has 4 nitrogen and oxygen atoms in total. The topological polar surface area (TPSA) is 47.0 Å². The first-order valence-corrected chi connectivity index (χ1v) is 8.41. The maximum Gasteiger partial charge on any atom is 0.160 e. The summed E-state index contributed by atoms with van der Waals surface area (Å²) in [5.41, 5.74) is 2.99. The summed E-state index contributed by atoms with van der Waals surface area (Å²) in [5, 5.41) is 7.55. The second-order valence-electron chi connectivity index (χ2n) is 5.31. The van der Waals surface area contributed by atoms with Gasteiger partial charge < -0.3 is 10.1 Å². The van der Waals surface area contributed by atoms with Gasteiger partial charge in [-0.1, -0.05) is 18.2 Å². The van der Waals surface area contributed by atoms with Crippen molar-refractivity contribution in [1.82, 2.24) is 9.97 Å². The fraction of sp³-hybridized carbons (Fsp3) is 0.0526. The Kier molecular flexibility index (Phi) is 3.84. The van der Waals surface area contributed by atoms with Crippen LogP contribution < -0.4 is 10.1 Å². The highest BCUT2D eigenvalue weighted by Crippen LogP contribution is 2.30. The lowest BCUT2D eigenvalue weighted by molar-refractivity contribution is 0.415. The molecule has 4 rings (SSSR count). The first-order chi connectivity index (χ1) is 11.8. The monoisotopic (exact) mass is 333 g/mol. The molecule has 2 heterocycles. The number of nitrogens with one attached hydrogen (secondary N) is 1. The Morgan fingerprint density at radius 3 is 2.71 bits per heavy atom. The minimum atomic E-state index is 0.743. The molecule has 0 spiro atoms. The van der Waals surface area contributed by atoms with Crippen LogP contribution in [0.15, 0.2) is 66.2 Å². The highest BCUT2D eigenvalue weighted by molar-refractivity contribution is 7.14. The zero-order valence-corrected chi connectivity index (χ0v) is 13.9. The summed E-state index contributed by atoms with van der Waals surface area (Å²) >= 11 is 1.63. The fourth-order valence-electron chi connectivity index (χ4n) is 2.45. The number of hydrogen-bond acceptors (Lipinski definition) is 5. The third-order valence-electron chi connectivity index (χ3n) is 3.70. The van der Waals surface area contributed by atoms with E-state index in [1.807, 2.05) is 54.7 Å². The molecule has 0 radical (unpaired) electrons. The summed E-state index contributed by atoms with van der Waals surface area (Å²) in [6.45, 7) is 0. The van der Waals surface area contributed by atoms with E-state index in [0.717, 1.165) is 38.7 Å². The van der Waals surface area contributed by atoms with E-state index in [-0.39, 0.29) is 0 Å². The van der Waals surface area contributed by atoms with Gasteiger partial charge in [0.2, 0.25) is 0 Å². The Morgan fingerprint density at radius 2 is 1.88 bits per heavy atom. The van der Waals surface area contributed by atoms with E-state index in [1.165, 1.54) is 0 Å². The van der Waals surface area contributed by atoms with Crippen LogP contribution in [-0.4, -0.2) is 17.1 Å². The van der Waals surface area contributed by atoms with E-state index in [0.29, 0.717) is 0 Å². The van der Waals surface area contributed by atoms with Crippen molar-refractivity contribution in [3.8, 4) is 17.1 Å². The smallest absolute Gasteiger partial charge is 0.160 e. The van der Waals surface area contributed by atoms with Crippen LogP contribution in [0.2, 0.25) is 0 Å². The number of methoxy groups -OCH3 is 1. The number of para-hydroxylation sites is 1. The second kappa shape index (κ2) is 6.29. The molecule has 0 fully saturated rings. The maximum absolute atomic E-state index is 5.17. The van der Waals surface area contributed by atoms with Crippen LogP contribution in [0.25, 0.3) is 22.3 Å². The average Bonchev–Trinajstić information content (AvgIpc) is 3.10. The number of ether oxygens (including phenoxy) is 1. The van der Waals surface area contributed by atoms with Crippen molar-refractivity contribution in [2.45, 2.75) is 0 Å². The lowest BCUT2D eigenvalue weighted by atomic mass is 10.2. The van der Waals surface area contributed by atoms with Gasteiger partial charge in [0.1, 0.15) is 5.75 Å². The van der Waals surface area contributed by atoms with Crippen molar-refractivity contribution in [2.75, 3.05) is 12.4 Å². The summed E-state index contributed by atoms with van der Waals surface area (Å²) in [6.07, 6.45) is 1.87. The van der Waals surface area contributed by atoms with Crippen molar-refractivity contribution in [3.63, 3.8) is 0 Å². The molecule has 0 saturated carbocycles. The summed E-state index contributed by atoms with van der Waals surface area (Å²) in [4.78, 5) is 9.11. The molecule has 0 saturated heterocycles. The standard InChI is InChI=1S/C19H15N3OS/c1-23-16-8-6-15(7-9-16)21-18-10-14(12-24-18)19-20-11-13-4-2-3-5-17(13)22-19/h2-12,21H,1H3. The molecule has 1 N–H and O–H groups in total. The normalized spacial score (nSPS) is 10.7.